The first-order valence-corrected chi connectivity index (χ1v) is 8.72. The highest BCUT2D eigenvalue weighted by atomic mass is 32.1. The van der Waals surface area contributed by atoms with E-state index in [4.69, 9.17) is 21.5 Å². The number of thiocarbonyl (C=S) groups is 1. The number of ether oxygens (including phenoxy) is 1. The van der Waals surface area contributed by atoms with E-state index in [0.717, 1.165) is 17.0 Å². The Morgan fingerprint density at radius 1 is 1.12 bits per heavy atom. The smallest absolute Gasteiger partial charge is 0.246 e. The summed E-state index contributed by atoms with van der Waals surface area (Å²) in [6, 6.07) is 15.5. The van der Waals surface area contributed by atoms with Crippen LogP contribution in [-0.2, 0) is 6.54 Å². The number of hydrogen-bond acceptors (Lipinski definition) is 5. The maximum atomic E-state index is 5.41. The molecule has 134 valence electrons. The van der Waals surface area contributed by atoms with E-state index >= 15 is 0 Å². The molecule has 0 fully saturated rings. The highest BCUT2D eigenvalue weighted by Gasteiger charge is 2.09. The van der Waals surface area contributed by atoms with Crippen LogP contribution in [0.3, 0.4) is 0 Å². The maximum Gasteiger partial charge on any atom is 0.246 e. The van der Waals surface area contributed by atoms with Crippen LogP contribution in [-0.4, -0.2) is 21.9 Å². The molecular formula is C19H20N4O2S. The summed E-state index contributed by atoms with van der Waals surface area (Å²) < 4.78 is 10.7. The first-order chi connectivity index (χ1) is 12.6. The second-order valence-electron chi connectivity index (χ2n) is 5.64. The topological polar surface area (TPSA) is 72.2 Å². The minimum absolute atomic E-state index is 0.349. The Morgan fingerprint density at radius 3 is 2.54 bits per heavy atom. The predicted octanol–water partition coefficient (Wildman–Crippen LogP) is 3.93. The molecule has 0 aliphatic rings. The van der Waals surface area contributed by atoms with Crippen LogP contribution in [0.25, 0.3) is 11.4 Å². The molecule has 26 heavy (non-hydrogen) atoms. The zero-order chi connectivity index (χ0) is 18.4. The number of benzene rings is 2. The molecule has 3 rings (SSSR count). The lowest BCUT2D eigenvalue weighted by molar-refractivity contribution is 0.340. The average molecular weight is 368 g/mol. The van der Waals surface area contributed by atoms with E-state index in [9.17, 15) is 0 Å². The first-order valence-electron chi connectivity index (χ1n) is 8.31. The molecule has 0 aliphatic heterocycles. The highest BCUT2D eigenvalue weighted by molar-refractivity contribution is 7.80. The molecule has 2 N–H and O–H groups in total. The Kier molecular flexibility index (Phi) is 5.80. The largest absolute Gasteiger partial charge is 0.494 e. The van der Waals surface area contributed by atoms with Gasteiger partial charge in [-0.15, -0.1) is 0 Å². The lowest BCUT2D eigenvalue weighted by Gasteiger charge is -2.09. The summed E-state index contributed by atoms with van der Waals surface area (Å²) in [5.74, 6) is 1.86. The SMILES string of the molecule is CCOc1ccc(NC(=S)NCc2nc(-c3ccc(C)cc3)no2)cc1. The highest BCUT2D eigenvalue weighted by Crippen LogP contribution is 2.17. The first kappa shape index (κ1) is 17.9. The van der Waals surface area contributed by atoms with Crippen molar-refractivity contribution in [2.45, 2.75) is 20.4 Å². The molecule has 0 saturated carbocycles. The van der Waals surface area contributed by atoms with Crippen LogP contribution >= 0.6 is 12.2 Å². The summed E-state index contributed by atoms with van der Waals surface area (Å²) in [4.78, 5) is 4.38. The zero-order valence-corrected chi connectivity index (χ0v) is 15.5. The van der Waals surface area contributed by atoms with Gasteiger partial charge >= 0.3 is 0 Å². The van der Waals surface area contributed by atoms with Crippen LogP contribution in [0.15, 0.2) is 53.1 Å². The van der Waals surface area contributed by atoms with Gasteiger partial charge in [0.05, 0.1) is 13.2 Å². The van der Waals surface area contributed by atoms with Gasteiger partial charge in [0.25, 0.3) is 0 Å². The maximum absolute atomic E-state index is 5.41. The molecule has 0 spiro atoms. The van der Waals surface area contributed by atoms with E-state index < -0.39 is 0 Å². The van der Waals surface area contributed by atoms with Crippen LogP contribution in [0.5, 0.6) is 5.75 Å². The summed E-state index contributed by atoms with van der Waals surface area (Å²) in [6.45, 7) is 4.98. The van der Waals surface area contributed by atoms with Gasteiger partial charge in [-0.25, -0.2) is 0 Å². The van der Waals surface area contributed by atoms with Crippen molar-refractivity contribution < 1.29 is 9.26 Å². The molecule has 0 saturated heterocycles. The van der Waals surface area contributed by atoms with E-state index in [2.05, 4.69) is 20.8 Å². The van der Waals surface area contributed by atoms with Crippen molar-refractivity contribution in [2.24, 2.45) is 0 Å². The molecule has 0 bridgehead atoms. The lowest BCUT2D eigenvalue weighted by Crippen LogP contribution is -2.27. The standard InChI is InChI=1S/C19H20N4O2S/c1-3-24-16-10-8-15(9-11-16)21-19(26)20-12-17-22-18(23-25-17)14-6-4-13(2)5-7-14/h4-11H,3,12H2,1-2H3,(H2,20,21,26). The quantitative estimate of drug-likeness (QED) is 0.639. The van der Waals surface area contributed by atoms with Gasteiger partial charge in [0, 0.05) is 11.3 Å². The molecule has 0 unspecified atom stereocenters. The van der Waals surface area contributed by atoms with E-state index in [1.165, 1.54) is 5.56 Å². The van der Waals surface area contributed by atoms with Crippen LogP contribution < -0.4 is 15.4 Å². The molecule has 6 nitrogen and oxygen atoms in total. The van der Waals surface area contributed by atoms with Crippen LogP contribution in [0.2, 0.25) is 0 Å². The minimum atomic E-state index is 0.349. The van der Waals surface area contributed by atoms with E-state index in [1.807, 2.05) is 62.4 Å². The van der Waals surface area contributed by atoms with E-state index in [1.54, 1.807) is 0 Å². The second kappa shape index (κ2) is 8.44. The number of nitrogens with zero attached hydrogens (tertiary/aromatic N) is 2. The average Bonchev–Trinajstić information content (AvgIpc) is 3.11. The summed E-state index contributed by atoms with van der Waals surface area (Å²) in [6.07, 6.45) is 0. The third kappa shape index (κ3) is 4.80. The molecule has 0 atom stereocenters. The summed E-state index contributed by atoms with van der Waals surface area (Å²) in [7, 11) is 0. The Balaban J connectivity index is 1.52. The van der Waals surface area contributed by atoms with Crippen LogP contribution in [0, 0.1) is 6.92 Å². The Bertz CT molecular complexity index is 860. The molecule has 7 heteroatoms. The van der Waals surface area contributed by atoms with Crippen molar-refractivity contribution >= 4 is 23.0 Å². The number of aromatic nitrogens is 2. The third-order valence-electron chi connectivity index (χ3n) is 3.60. The van der Waals surface area contributed by atoms with Gasteiger partial charge in [0.15, 0.2) is 5.11 Å². The predicted molar refractivity (Wildman–Crippen MR) is 105 cm³/mol. The second-order valence-corrected chi connectivity index (χ2v) is 6.05. The molecule has 1 aromatic heterocycles. The number of anilines is 1. The number of nitrogens with one attached hydrogen (secondary N) is 2. The Hall–Kier alpha value is -2.93. The normalized spacial score (nSPS) is 10.4. The fourth-order valence-corrected chi connectivity index (χ4v) is 2.47. The van der Waals surface area contributed by atoms with Gasteiger partial charge in [-0.3, -0.25) is 0 Å². The molecule has 0 radical (unpaired) electrons. The van der Waals surface area contributed by atoms with Crippen molar-refractivity contribution in [3.05, 3.63) is 60.0 Å². The Labute approximate surface area is 157 Å². The van der Waals surface area contributed by atoms with Gasteiger partial charge < -0.3 is 19.9 Å². The fourth-order valence-electron chi connectivity index (χ4n) is 2.28. The van der Waals surface area contributed by atoms with Crippen molar-refractivity contribution in [2.75, 3.05) is 11.9 Å². The molecule has 3 aromatic rings. The molecular weight excluding hydrogens is 348 g/mol. The molecule has 0 aliphatic carbocycles. The lowest BCUT2D eigenvalue weighted by atomic mass is 10.1. The van der Waals surface area contributed by atoms with Gasteiger partial charge in [-0.2, -0.15) is 4.98 Å². The van der Waals surface area contributed by atoms with Crippen LogP contribution in [0.1, 0.15) is 18.4 Å². The van der Waals surface area contributed by atoms with Gasteiger partial charge in [-0.05, 0) is 50.3 Å². The number of rotatable bonds is 6. The number of hydrogen-bond donors (Lipinski definition) is 2. The number of aryl methyl sites for hydroxylation is 1. The monoisotopic (exact) mass is 368 g/mol. The van der Waals surface area contributed by atoms with Gasteiger partial charge in [0.1, 0.15) is 5.75 Å². The minimum Gasteiger partial charge on any atom is -0.494 e. The van der Waals surface area contributed by atoms with E-state index in [0.29, 0.717) is 30.0 Å². The summed E-state index contributed by atoms with van der Waals surface area (Å²) >= 11 is 5.29. The van der Waals surface area contributed by atoms with Crippen molar-refractivity contribution in [3.8, 4) is 17.1 Å². The Morgan fingerprint density at radius 2 is 1.85 bits per heavy atom. The fraction of sp³-hybridized carbons (Fsp3) is 0.211. The zero-order valence-electron chi connectivity index (χ0n) is 14.7. The van der Waals surface area contributed by atoms with Gasteiger partial charge in [-0.1, -0.05) is 35.0 Å². The summed E-state index contributed by atoms with van der Waals surface area (Å²) in [5.41, 5.74) is 2.97. The molecule has 0 amide bonds. The summed E-state index contributed by atoms with van der Waals surface area (Å²) in [5, 5.41) is 10.6. The molecule has 1 heterocycles. The van der Waals surface area contributed by atoms with Crippen molar-refractivity contribution in [3.63, 3.8) is 0 Å². The van der Waals surface area contributed by atoms with Gasteiger partial charge in [0.2, 0.25) is 11.7 Å². The van der Waals surface area contributed by atoms with Crippen molar-refractivity contribution in [1.82, 2.24) is 15.5 Å². The molecule has 2 aromatic carbocycles. The van der Waals surface area contributed by atoms with E-state index in [-0.39, 0.29) is 0 Å². The van der Waals surface area contributed by atoms with Crippen molar-refractivity contribution in [1.29, 1.82) is 0 Å². The van der Waals surface area contributed by atoms with Crippen LogP contribution in [0.4, 0.5) is 5.69 Å². The third-order valence-corrected chi connectivity index (χ3v) is 3.85.